The lowest BCUT2D eigenvalue weighted by atomic mass is 10.1. The van der Waals surface area contributed by atoms with Crippen molar-refractivity contribution in [3.8, 4) is 0 Å². The fourth-order valence-corrected chi connectivity index (χ4v) is 1.20. The fraction of sp³-hybridized carbons (Fsp3) is 0.455. The van der Waals surface area contributed by atoms with Gasteiger partial charge in [0.15, 0.2) is 0 Å². The molecule has 2 N–H and O–H groups in total. The first-order valence-corrected chi connectivity index (χ1v) is 4.69. The highest BCUT2D eigenvalue weighted by Gasteiger charge is 2.21. The van der Waals surface area contributed by atoms with Gasteiger partial charge in [-0.15, -0.1) is 0 Å². The predicted octanol–water partition coefficient (Wildman–Crippen LogP) is 2.75. The van der Waals surface area contributed by atoms with Crippen molar-refractivity contribution in [3.63, 3.8) is 0 Å². The minimum absolute atomic E-state index is 0.122. The lowest BCUT2D eigenvalue weighted by molar-refractivity contribution is -0.0672. The molecule has 0 saturated heterocycles. The molecule has 1 aromatic carbocycles. The Morgan fingerprint density at radius 3 is 2.67 bits per heavy atom. The van der Waals surface area contributed by atoms with Crippen LogP contribution in [0.15, 0.2) is 18.2 Å². The number of hydrogen-bond donors (Lipinski definition) is 1. The minimum Gasteiger partial charge on any atom is -0.398 e. The third-order valence-corrected chi connectivity index (χ3v) is 1.91. The molecule has 0 bridgehead atoms. The fourth-order valence-electron chi connectivity index (χ4n) is 1.20. The van der Waals surface area contributed by atoms with Gasteiger partial charge < -0.3 is 10.5 Å². The standard InChI is InChI=1S/C11H15F2NO/c1-8-3-4-10(14)9(5-8)6-15-7-11(2,12)13/h3-5H,6-7,14H2,1-2H3. The van der Waals surface area contributed by atoms with E-state index in [-0.39, 0.29) is 6.61 Å². The van der Waals surface area contributed by atoms with Gasteiger partial charge in [0.1, 0.15) is 6.61 Å². The quantitative estimate of drug-likeness (QED) is 0.784. The summed E-state index contributed by atoms with van der Waals surface area (Å²) >= 11 is 0. The number of nitrogen functional groups attached to an aromatic ring is 1. The second-order valence-corrected chi connectivity index (χ2v) is 3.77. The molecule has 0 atom stereocenters. The monoisotopic (exact) mass is 215 g/mol. The van der Waals surface area contributed by atoms with Gasteiger partial charge >= 0.3 is 0 Å². The van der Waals surface area contributed by atoms with E-state index in [1.165, 1.54) is 0 Å². The first-order valence-electron chi connectivity index (χ1n) is 4.69. The number of nitrogens with two attached hydrogens (primary N) is 1. The predicted molar refractivity (Wildman–Crippen MR) is 55.9 cm³/mol. The zero-order chi connectivity index (χ0) is 11.5. The van der Waals surface area contributed by atoms with E-state index in [9.17, 15) is 8.78 Å². The van der Waals surface area contributed by atoms with Crippen molar-refractivity contribution in [2.75, 3.05) is 12.3 Å². The maximum absolute atomic E-state index is 12.4. The Hall–Kier alpha value is -1.16. The van der Waals surface area contributed by atoms with Gasteiger partial charge in [-0.3, -0.25) is 0 Å². The lowest BCUT2D eigenvalue weighted by Crippen LogP contribution is -2.18. The van der Waals surface area contributed by atoms with Crippen LogP contribution in [-0.4, -0.2) is 12.5 Å². The normalized spacial score (nSPS) is 11.7. The van der Waals surface area contributed by atoms with E-state index < -0.39 is 12.5 Å². The van der Waals surface area contributed by atoms with Gasteiger partial charge in [-0.2, -0.15) is 0 Å². The highest BCUT2D eigenvalue weighted by atomic mass is 19.3. The van der Waals surface area contributed by atoms with Crippen molar-refractivity contribution >= 4 is 5.69 Å². The number of rotatable bonds is 4. The Bertz CT molecular complexity index is 334. The molecular formula is C11H15F2NO. The van der Waals surface area contributed by atoms with E-state index in [1.54, 1.807) is 6.07 Å². The molecule has 0 aliphatic carbocycles. The zero-order valence-electron chi connectivity index (χ0n) is 8.89. The highest BCUT2D eigenvalue weighted by molar-refractivity contribution is 5.47. The van der Waals surface area contributed by atoms with Crippen LogP contribution in [0.3, 0.4) is 0 Å². The molecule has 0 heterocycles. The number of ether oxygens (including phenoxy) is 1. The van der Waals surface area contributed by atoms with E-state index >= 15 is 0 Å². The van der Waals surface area contributed by atoms with Gasteiger partial charge in [-0.25, -0.2) is 8.78 Å². The van der Waals surface area contributed by atoms with Gasteiger partial charge in [0.05, 0.1) is 6.61 Å². The van der Waals surface area contributed by atoms with Crippen LogP contribution in [0, 0.1) is 6.92 Å². The molecule has 0 unspecified atom stereocenters. The molecule has 0 aliphatic rings. The SMILES string of the molecule is Cc1ccc(N)c(COCC(C)(F)F)c1. The number of aryl methyl sites for hydroxylation is 1. The smallest absolute Gasteiger partial charge is 0.268 e. The summed E-state index contributed by atoms with van der Waals surface area (Å²) in [6, 6.07) is 5.45. The van der Waals surface area contributed by atoms with Crippen molar-refractivity contribution in [2.45, 2.75) is 26.4 Å². The molecule has 84 valence electrons. The summed E-state index contributed by atoms with van der Waals surface area (Å²) in [6.45, 7) is 2.28. The van der Waals surface area contributed by atoms with Crippen LogP contribution in [0.5, 0.6) is 0 Å². The minimum atomic E-state index is -2.79. The number of benzene rings is 1. The molecule has 0 aromatic heterocycles. The Kier molecular flexibility index (Phi) is 3.63. The number of hydrogen-bond acceptors (Lipinski definition) is 2. The molecule has 1 aromatic rings. The molecule has 4 heteroatoms. The molecule has 0 aliphatic heterocycles. The van der Waals surface area contributed by atoms with Crippen LogP contribution in [0.2, 0.25) is 0 Å². The van der Waals surface area contributed by atoms with E-state index in [0.29, 0.717) is 5.69 Å². The van der Waals surface area contributed by atoms with Crippen molar-refractivity contribution < 1.29 is 13.5 Å². The van der Waals surface area contributed by atoms with Crippen LogP contribution in [0.4, 0.5) is 14.5 Å². The van der Waals surface area contributed by atoms with Gasteiger partial charge in [-0.1, -0.05) is 17.7 Å². The molecule has 1 rings (SSSR count). The van der Waals surface area contributed by atoms with Gasteiger partial charge in [-0.05, 0) is 13.0 Å². The van der Waals surface area contributed by atoms with Gasteiger partial charge in [0, 0.05) is 18.2 Å². The molecule has 2 nitrogen and oxygen atoms in total. The maximum atomic E-state index is 12.4. The molecular weight excluding hydrogens is 200 g/mol. The number of alkyl halides is 2. The van der Waals surface area contributed by atoms with E-state index in [1.807, 2.05) is 19.1 Å². The van der Waals surface area contributed by atoms with Crippen molar-refractivity contribution in [3.05, 3.63) is 29.3 Å². The van der Waals surface area contributed by atoms with Crippen LogP contribution in [-0.2, 0) is 11.3 Å². The molecule has 0 amide bonds. The summed E-state index contributed by atoms with van der Waals surface area (Å²) in [5, 5.41) is 0. The molecule has 15 heavy (non-hydrogen) atoms. The summed E-state index contributed by atoms with van der Waals surface area (Å²) in [4.78, 5) is 0. The third kappa shape index (κ3) is 4.25. The van der Waals surface area contributed by atoms with Gasteiger partial charge in [0.25, 0.3) is 5.92 Å². The summed E-state index contributed by atoms with van der Waals surface area (Å²) in [5.74, 6) is -2.79. The van der Waals surface area contributed by atoms with Crippen LogP contribution >= 0.6 is 0 Å². The van der Waals surface area contributed by atoms with Crippen LogP contribution in [0.1, 0.15) is 18.1 Å². The summed E-state index contributed by atoms with van der Waals surface area (Å²) in [6.07, 6.45) is 0. The first-order chi connectivity index (χ1) is 6.88. The number of halogens is 2. The van der Waals surface area contributed by atoms with Crippen LogP contribution in [0.25, 0.3) is 0 Å². The second-order valence-electron chi connectivity index (χ2n) is 3.77. The Morgan fingerprint density at radius 1 is 1.40 bits per heavy atom. The summed E-state index contributed by atoms with van der Waals surface area (Å²) in [5.41, 5.74) is 8.02. The number of anilines is 1. The lowest BCUT2D eigenvalue weighted by Gasteiger charge is -2.12. The molecule has 0 radical (unpaired) electrons. The van der Waals surface area contributed by atoms with E-state index in [0.717, 1.165) is 18.1 Å². The Morgan fingerprint density at radius 2 is 2.07 bits per heavy atom. The third-order valence-electron chi connectivity index (χ3n) is 1.91. The molecule has 0 fully saturated rings. The van der Waals surface area contributed by atoms with E-state index in [2.05, 4.69) is 0 Å². The summed E-state index contributed by atoms with van der Waals surface area (Å²) in [7, 11) is 0. The first kappa shape index (κ1) is 11.9. The molecule has 0 spiro atoms. The Labute approximate surface area is 88.0 Å². The highest BCUT2D eigenvalue weighted by Crippen LogP contribution is 2.17. The maximum Gasteiger partial charge on any atom is 0.268 e. The Balaban J connectivity index is 2.54. The van der Waals surface area contributed by atoms with Crippen LogP contribution < -0.4 is 5.73 Å². The molecule has 0 saturated carbocycles. The summed E-state index contributed by atoms with van der Waals surface area (Å²) < 4.78 is 29.8. The van der Waals surface area contributed by atoms with Crippen molar-refractivity contribution in [1.29, 1.82) is 0 Å². The van der Waals surface area contributed by atoms with E-state index in [4.69, 9.17) is 10.5 Å². The zero-order valence-corrected chi connectivity index (χ0v) is 8.89. The van der Waals surface area contributed by atoms with Crippen molar-refractivity contribution in [2.24, 2.45) is 0 Å². The average molecular weight is 215 g/mol. The van der Waals surface area contributed by atoms with Crippen molar-refractivity contribution in [1.82, 2.24) is 0 Å². The second kappa shape index (κ2) is 4.57. The largest absolute Gasteiger partial charge is 0.398 e. The van der Waals surface area contributed by atoms with Gasteiger partial charge in [0.2, 0.25) is 0 Å². The topological polar surface area (TPSA) is 35.2 Å². The average Bonchev–Trinajstić information content (AvgIpc) is 2.09.